The van der Waals surface area contributed by atoms with Crippen LogP contribution in [0.2, 0.25) is 0 Å². The first-order chi connectivity index (χ1) is 13.7. The third kappa shape index (κ3) is 2.81. The molecule has 1 aliphatic heterocycles. The lowest BCUT2D eigenvalue weighted by Crippen LogP contribution is -2.43. The Kier molecular flexibility index (Phi) is 4.18. The fourth-order valence-electron chi connectivity index (χ4n) is 4.30. The number of hydrogen-bond donors (Lipinski definition) is 2. The molecule has 3 aromatic rings. The molecule has 0 amide bonds. The van der Waals surface area contributed by atoms with Crippen molar-refractivity contribution < 1.29 is 4.42 Å². The van der Waals surface area contributed by atoms with E-state index in [0.717, 1.165) is 47.4 Å². The second kappa shape index (κ2) is 6.73. The molecule has 0 radical (unpaired) electrons. The molecule has 28 heavy (non-hydrogen) atoms. The van der Waals surface area contributed by atoms with Gasteiger partial charge in [0, 0.05) is 16.7 Å². The Balaban J connectivity index is 1.68. The maximum absolute atomic E-state index is 13.4. The molecule has 5 rings (SSSR count). The zero-order valence-electron chi connectivity index (χ0n) is 15.8. The van der Waals surface area contributed by atoms with Crippen LogP contribution in [0, 0.1) is 0 Å². The van der Waals surface area contributed by atoms with Gasteiger partial charge >= 0.3 is 0 Å². The van der Waals surface area contributed by atoms with Crippen LogP contribution in [0.3, 0.4) is 0 Å². The van der Waals surface area contributed by atoms with E-state index in [4.69, 9.17) is 10.2 Å². The van der Waals surface area contributed by atoms with Gasteiger partial charge in [-0.1, -0.05) is 54.6 Å². The van der Waals surface area contributed by atoms with Crippen molar-refractivity contribution in [2.75, 3.05) is 6.54 Å². The Morgan fingerprint density at radius 3 is 2.39 bits per heavy atom. The molecule has 4 nitrogen and oxygen atoms in total. The summed E-state index contributed by atoms with van der Waals surface area (Å²) in [6.07, 6.45) is 3.92. The molecule has 1 aliphatic carbocycles. The summed E-state index contributed by atoms with van der Waals surface area (Å²) >= 11 is 0. The molecule has 4 heteroatoms. The number of benzene rings is 2. The second-order valence-electron chi connectivity index (χ2n) is 7.92. The summed E-state index contributed by atoms with van der Waals surface area (Å²) in [7, 11) is 0. The summed E-state index contributed by atoms with van der Waals surface area (Å²) in [5.74, 6) is 1.40. The van der Waals surface area contributed by atoms with Crippen molar-refractivity contribution in [1.82, 2.24) is 5.32 Å². The monoisotopic (exact) mass is 372 g/mol. The van der Waals surface area contributed by atoms with Gasteiger partial charge in [-0.25, -0.2) is 0 Å². The van der Waals surface area contributed by atoms with Crippen LogP contribution in [0.25, 0.3) is 22.5 Å². The van der Waals surface area contributed by atoms with Gasteiger partial charge in [0.05, 0.1) is 12.1 Å². The Hall–Kier alpha value is -2.69. The predicted octanol–water partition coefficient (Wildman–Crippen LogP) is 3.96. The van der Waals surface area contributed by atoms with Crippen LogP contribution in [0.5, 0.6) is 0 Å². The van der Waals surface area contributed by atoms with Crippen molar-refractivity contribution >= 4 is 0 Å². The Labute approximate surface area is 164 Å². The van der Waals surface area contributed by atoms with Gasteiger partial charge in [0.1, 0.15) is 11.5 Å². The van der Waals surface area contributed by atoms with Crippen molar-refractivity contribution in [1.29, 1.82) is 0 Å². The normalized spacial score (nSPS) is 17.6. The van der Waals surface area contributed by atoms with E-state index in [1.54, 1.807) is 0 Å². The molecular formula is C24H24N2O2. The maximum atomic E-state index is 13.4. The average Bonchev–Trinajstić information content (AvgIpc) is 2.73. The van der Waals surface area contributed by atoms with Gasteiger partial charge in [0.15, 0.2) is 5.43 Å². The first kappa shape index (κ1) is 17.4. The van der Waals surface area contributed by atoms with Crippen molar-refractivity contribution in [3.05, 3.63) is 81.7 Å². The molecule has 0 atom stereocenters. The van der Waals surface area contributed by atoms with Gasteiger partial charge in [-0.15, -0.1) is 0 Å². The third-order valence-electron chi connectivity index (χ3n) is 6.16. The lowest BCUT2D eigenvalue weighted by Gasteiger charge is -2.38. The van der Waals surface area contributed by atoms with Crippen LogP contribution in [0.15, 0.2) is 63.8 Å². The summed E-state index contributed by atoms with van der Waals surface area (Å²) in [5.41, 5.74) is 10.8. The molecule has 3 N–H and O–H groups in total. The molecule has 0 saturated heterocycles. The van der Waals surface area contributed by atoms with E-state index in [0.29, 0.717) is 24.3 Å². The molecule has 0 spiro atoms. The van der Waals surface area contributed by atoms with Crippen molar-refractivity contribution in [2.45, 2.75) is 37.8 Å². The lowest BCUT2D eigenvalue weighted by molar-refractivity contribution is 0.253. The Bertz CT molecular complexity index is 1060. The highest BCUT2D eigenvalue weighted by molar-refractivity contribution is 5.80. The van der Waals surface area contributed by atoms with Crippen molar-refractivity contribution in [3.8, 4) is 22.5 Å². The molecule has 1 saturated carbocycles. The van der Waals surface area contributed by atoms with Gasteiger partial charge in [-0.3, -0.25) is 4.79 Å². The predicted molar refractivity (Wildman–Crippen MR) is 111 cm³/mol. The zero-order chi connectivity index (χ0) is 19.1. The summed E-state index contributed by atoms with van der Waals surface area (Å²) in [4.78, 5) is 13.4. The number of nitrogens with two attached hydrogens (primary N) is 1. The van der Waals surface area contributed by atoms with Crippen LogP contribution >= 0.6 is 0 Å². The van der Waals surface area contributed by atoms with Gasteiger partial charge in [0.2, 0.25) is 0 Å². The van der Waals surface area contributed by atoms with E-state index >= 15 is 0 Å². The van der Waals surface area contributed by atoms with Crippen LogP contribution in [0.1, 0.15) is 36.1 Å². The standard InChI is InChI=1S/C24H24N2O2/c25-24(12-4-13-24)18-9-7-16(8-10-18)21-22(27)19-11-14-26-15-20(19)28-23(21)17-5-2-1-3-6-17/h1-3,5-10,26H,4,11-15,25H2. The van der Waals surface area contributed by atoms with Crippen molar-refractivity contribution in [3.63, 3.8) is 0 Å². The molecule has 2 aromatic carbocycles. The molecule has 2 aliphatic rings. The minimum Gasteiger partial charge on any atom is -0.458 e. The van der Waals surface area contributed by atoms with Gasteiger partial charge in [0.25, 0.3) is 0 Å². The van der Waals surface area contributed by atoms with E-state index < -0.39 is 0 Å². The van der Waals surface area contributed by atoms with E-state index in [1.165, 1.54) is 6.42 Å². The van der Waals surface area contributed by atoms with Gasteiger partial charge < -0.3 is 15.5 Å². The smallest absolute Gasteiger partial charge is 0.196 e. The van der Waals surface area contributed by atoms with Crippen LogP contribution in [-0.2, 0) is 18.5 Å². The van der Waals surface area contributed by atoms with Crippen molar-refractivity contribution in [2.24, 2.45) is 5.73 Å². The minimum atomic E-state index is -0.201. The molecule has 142 valence electrons. The van der Waals surface area contributed by atoms with Crippen LogP contribution < -0.4 is 16.5 Å². The largest absolute Gasteiger partial charge is 0.458 e. The quantitative estimate of drug-likeness (QED) is 0.730. The maximum Gasteiger partial charge on any atom is 0.196 e. The van der Waals surface area contributed by atoms with E-state index in [9.17, 15) is 4.79 Å². The molecule has 1 fully saturated rings. The average molecular weight is 372 g/mol. The first-order valence-electron chi connectivity index (χ1n) is 10.0. The molecule has 1 aromatic heterocycles. The minimum absolute atomic E-state index is 0.0838. The SMILES string of the molecule is NC1(c2ccc(-c3c(-c4ccccc4)oc4c(c3=O)CCNC4)cc2)CCC1. The van der Waals surface area contributed by atoms with E-state index in [-0.39, 0.29) is 11.0 Å². The molecular weight excluding hydrogens is 348 g/mol. The highest BCUT2D eigenvalue weighted by atomic mass is 16.3. The highest BCUT2D eigenvalue weighted by Crippen LogP contribution is 2.40. The number of fused-ring (bicyclic) bond motifs is 1. The summed E-state index contributed by atoms with van der Waals surface area (Å²) in [6, 6.07) is 18.1. The van der Waals surface area contributed by atoms with Gasteiger partial charge in [-0.2, -0.15) is 0 Å². The Morgan fingerprint density at radius 2 is 1.71 bits per heavy atom. The third-order valence-corrected chi connectivity index (χ3v) is 6.16. The van der Waals surface area contributed by atoms with E-state index in [1.807, 2.05) is 42.5 Å². The second-order valence-corrected chi connectivity index (χ2v) is 7.92. The first-order valence-corrected chi connectivity index (χ1v) is 10.0. The zero-order valence-corrected chi connectivity index (χ0v) is 15.8. The molecule has 2 heterocycles. The van der Waals surface area contributed by atoms with E-state index in [2.05, 4.69) is 17.4 Å². The summed E-state index contributed by atoms with van der Waals surface area (Å²) in [6.45, 7) is 1.40. The Morgan fingerprint density at radius 1 is 0.964 bits per heavy atom. The van der Waals surface area contributed by atoms with Gasteiger partial charge in [-0.05, 0) is 43.4 Å². The highest BCUT2D eigenvalue weighted by Gasteiger charge is 2.34. The van der Waals surface area contributed by atoms with Crippen LogP contribution in [-0.4, -0.2) is 6.54 Å². The summed E-state index contributed by atoms with van der Waals surface area (Å²) in [5, 5.41) is 3.30. The fourth-order valence-corrected chi connectivity index (χ4v) is 4.30. The van der Waals surface area contributed by atoms with Crippen LogP contribution in [0.4, 0.5) is 0 Å². The fraction of sp³-hybridized carbons (Fsp3) is 0.292. The lowest BCUT2D eigenvalue weighted by atomic mass is 9.72. The molecule has 0 unspecified atom stereocenters. The molecule has 0 bridgehead atoms. The summed E-state index contributed by atoms with van der Waals surface area (Å²) < 4.78 is 6.29. The number of hydrogen-bond acceptors (Lipinski definition) is 4. The number of rotatable bonds is 3. The number of nitrogens with one attached hydrogen (secondary N) is 1. The topological polar surface area (TPSA) is 68.3 Å².